The summed E-state index contributed by atoms with van der Waals surface area (Å²) in [6.07, 6.45) is 1.82. The van der Waals surface area contributed by atoms with Crippen LogP contribution < -0.4 is 14.8 Å². The molecule has 1 saturated heterocycles. The second-order valence-corrected chi connectivity index (χ2v) is 5.36. The number of ether oxygens (including phenoxy) is 2. The molecule has 0 bridgehead atoms. The van der Waals surface area contributed by atoms with Crippen LogP contribution in [0, 0.1) is 17.7 Å². The number of halogens is 3. The van der Waals surface area contributed by atoms with Gasteiger partial charge in [-0.2, -0.15) is 8.78 Å². The van der Waals surface area contributed by atoms with E-state index in [4.69, 9.17) is 4.74 Å². The van der Waals surface area contributed by atoms with Crippen molar-refractivity contribution in [2.75, 3.05) is 13.1 Å². The van der Waals surface area contributed by atoms with E-state index in [1.807, 2.05) is 0 Å². The lowest BCUT2D eigenvalue weighted by Crippen LogP contribution is -2.19. The summed E-state index contributed by atoms with van der Waals surface area (Å²) in [7, 11) is 0. The van der Waals surface area contributed by atoms with Gasteiger partial charge in [0, 0.05) is 6.07 Å². The summed E-state index contributed by atoms with van der Waals surface area (Å²) in [5, 5.41) is 3.33. The standard InChI is InChI=1S/C14H16F3NO2/c15-12-5-10(20-14(16)17)1-2-13(12)19-11-3-8-6-18-7-9(8)4-11/h1-2,5,8-9,11,14,18H,3-4,6-7H2. The summed E-state index contributed by atoms with van der Waals surface area (Å²) in [5.41, 5.74) is 0. The number of rotatable bonds is 4. The van der Waals surface area contributed by atoms with Gasteiger partial charge < -0.3 is 14.8 Å². The molecule has 2 atom stereocenters. The first-order valence-corrected chi connectivity index (χ1v) is 6.73. The van der Waals surface area contributed by atoms with E-state index in [2.05, 4.69) is 10.1 Å². The molecule has 1 heterocycles. The number of hydrogen-bond acceptors (Lipinski definition) is 3. The second kappa shape index (κ2) is 5.52. The summed E-state index contributed by atoms with van der Waals surface area (Å²) in [4.78, 5) is 0. The highest BCUT2D eigenvalue weighted by molar-refractivity contribution is 5.33. The zero-order valence-electron chi connectivity index (χ0n) is 10.8. The van der Waals surface area contributed by atoms with E-state index in [0.29, 0.717) is 11.8 Å². The first kappa shape index (κ1) is 13.5. The number of fused-ring (bicyclic) bond motifs is 1. The van der Waals surface area contributed by atoms with Crippen molar-refractivity contribution >= 4 is 0 Å². The fourth-order valence-electron chi connectivity index (χ4n) is 3.14. The van der Waals surface area contributed by atoms with E-state index in [0.717, 1.165) is 32.0 Å². The Bertz CT molecular complexity index is 471. The molecule has 0 spiro atoms. The molecule has 1 aromatic rings. The van der Waals surface area contributed by atoms with Gasteiger partial charge in [-0.15, -0.1) is 0 Å². The molecule has 1 aliphatic carbocycles. The van der Waals surface area contributed by atoms with E-state index in [1.54, 1.807) is 0 Å². The molecule has 0 aromatic heterocycles. The van der Waals surface area contributed by atoms with Gasteiger partial charge in [-0.25, -0.2) is 4.39 Å². The lowest BCUT2D eigenvalue weighted by atomic mass is 10.0. The maximum absolute atomic E-state index is 13.8. The Morgan fingerprint density at radius 3 is 2.45 bits per heavy atom. The zero-order chi connectivity index (χ0) is 14.1. The van der Waals surface area contributed by atoms with Gasteiger partial charge in [0.2, 0.25) is 0 Å². The van der Waals surface area contributed by atoms with E-state index in [1.165, 1.54) is 12.1 Å². The molecule has 110 valence electrons. The van der Waals surface area contributed by atoms with Crippen LogP contribution in [0.4, 0.5) is 13.2 Å². The van der Waals surface area contributed by atoms with Crippen LogP contribution in [0.15, 0.2) is 18.2 Å². The van der Waals surface area contributed by atoms with Gasteiger partial charge in [0.15, 0.2) is 11.6 Å². The fraction of sp³-hybridized carbons (Fsp3) is 0.571. The molecule has 0 radical (unpaired) electrons. The maximum atomic E-state index is 13.8. The summed E-state index contributed by atoms with van der Waals surface area (Å²) >= 11 is 0. The van der Waals surface area contributed by atoms with Gasteiger partial charge in [-0.1, -0.05) is 0 Å². The molecule has 1 saturated carbocycles. The largest absolute Gasteiger partial charge is 0.487 e. The lowest BCUT2D eigenvalue weighted by molar-refractivity contribution is -0.0500. The topological polar surface area (TPSA) is 30.5 Å². The molecular formula is C14H16F3NO2. The van der Waals surface area contributed by atoms with Gasteiger partial charge in [-0.05, 0) is 49.9 Å². The van der Waals surface area contributed by atoms with Gasteiger partial charge in [0.1, 0.15) is 5.75 Å². The molecule has 3 rings (SSSR count). The number of nitrogens with one attached hydrogen (secondary N) is 1. The van der Waals surface area contributed by atoms with Crippen molar-refractivity contribution in [3.63, 3.8) is 0 Å². The number of benzene rings is 1. The highest BCUT2D eigenvalue weighted by atomic mass is 19.3. The van der Waals surface area contributed by atoms with Crippen LogP contribution >= 0.6 is 0 Å². The average Bonchev–Trinajstić information content (AvgIpc) is 2.92. The molecule has 1 aromatic carbocycles. The molecule has 0 amide bonds. The first-order chi connectivity index (χ1) is 9.61. The van der Waals surface area contributed by atoms with E-state index < -0.39 is 12.4 Å². The Kier molecular flexibility index (Phi) is 3.74. The van der Waals surface area contributed by atoms with Crippen molar-refractivity contribution in [2.24, 2.45) is 11.8 Å². The van der Waals surface area contributed by atoms with Crippen LogP contribution in [0.3, 0.4) is 0 Å². The van der Waals surface area contributed by atoms with Crippen LogP contribution in [0.25, 0.3) is 0 Å². The van der Waals surface area contributed by atoms with Crippen LogP contribution in [0.2, 0.25) is 0 Å². The molecule has 1 aliphatic heterocycles. The Morgan fingerprint density at radius 1 is 1.15 bits per heavy atom. The summed E-state index contributed by atoms with van der Waals surface area (Å²) in [5.74, 6) is 0.439. The third-order valence-electron chi connectivity index (χ3n) is 4.03. The van der Waals surface area contributed by atoms with E-state index in [-0.39, 0.29) is 17.6 Å². The molecule has 2 unspecified atom stereocenters. The first-order valence-electron chi connectivity index (χ1n) is 6.73. The Labute approximate surface area is 115 Å². The average molecular weight is 287 g/mol. The Morgan fingerprint density at radius 2 is 1.85 bits per heavy atom. The van der Waals surface area contributed by atoms with E-state index in [9.17, 15) is 13.2 Å². The molecule has 20 heavy (non-hydrogen) atoms. The number of hydrogen-bond donors (Lipinski definition) is 1. The highest BCUT2D eigenvalue weighted by Gasteiger charge is 2.38. The minimum Gasteiger partial charge on any atom is -0.487 e. The molecule has 1 N–H and O–H groups in total. The fourth-order valence-corrected chi connectivity index (χ4v) is 3.14. The lowest BCUT2D eigenvalue weighted by Gasteiger charge is -2.16. The smallest absolute Gasteiger partial charge is 0.387 e. The summed E-state index contributed by atoms with van der Waals surface area (Å²) < 4.78 is 47.6. The van der Waals surface area contributed by atoms with Gasteiger partial charge >= 0.3 is 6.61 Å². The molecular weight excluding hydrogens is 271 g/mol. The molecule has 3 nitrogen and oxygen atoms in total. The predicted octanol–water partition coefficient (Wildman–Crippen LogP) is 2.80. The summed E-state index contributed by atoms with van der Waals surface area (Å²) in [6.45, 7) is -0.967. The van der Waals surface area contributed by atoms with Crippen molar-refractivity contribution < 1.29 is 22.6 Å². The quantitative estimate of drug-likeness (QED) is 0.923. The van der Waals surface area contributed by atoms with Gasteiger partial charge in [0.05, 0.1) is 6.10 Å². The van der Waals surface area contributed by atoms with Crippen LogP contribution in [0.5, 0.6) is 11.5 Å². The van der Waals surface area contributed by atoms with Crippen molar-refractivity contribution in [3.8, 4) is 11.5 Å². The molecule has 6 heteroatoms. The highest BCUT2D eigenvalue weighted by Crippen LogP contribution is 2.37. The predicted molar refractivity (Wildman–Crippen MR) is 66.5 cm³/mol. The molecule has 2 aliphatic rings. The Balaban J connectivity index is 1.63. The summed E-state index contributed by atoms with van der Waals surface area (Å²) in [6, 6.07) is 3.57. The minimum atomic E-state index is -2.96. The van der Waals surface area contributed by atoms with E-state index >= 15 is 0 Å². The van der Waals surface area contributed by atoms with Crippen LogP contribution in [-0.2, 0) is 0 Å². The van der Waals surface area contributed by atoms with Crippen LogP contribution in [-0.4, -0.2) is 25.8 Å². The normalized spacial score (nSPS) is 28.7. The van der Waals surface area contributed by atoms with Crippen molar-refractivity contribution in [2.45, 2.75) is 25.6 Å². The second-order valence-electron chi connectivity index (χ2n) is 5.36. The minimum absolute atomic E-state index is 0.00321. The van der Waals surface area contributed by atoms with Gasteiger partial charge in [-0.3, -0.25) is 0 Å². The number of alkyl halides is 2. The van der Waals surface area contributed by atoms with Crippen LogP contribution in [0.1, 0.15) is 12.8 Å². The van der Waals surface area contributed by atoms with Crippen molar-refractivity contribution in [1.82, 2.24) is 5.32 Å². The third kappa shape index (κ3) is 2.85. The van der Waals surface area contributed by atoms with Crippen molar-refractivity contribution in [3.05, 3.63) is 24.0 Å². The maximum Gasteiger partial charge on any atom is 0.387 e. The Hall–Kier alpha value is -1.43. The monoisotopic (exact) mass is 287 g/mol. The third-order valence-corrected chi connectivity index (χ3v) is 4.03. The van der Waals surface area contributed by atoms with Crippen molar-refractivity contribution in [1.29, 1.82) is 0 Å². The van der Waals surface area contributed by atoms with Gasteiger partial charge in [0.25, 0.3) is 0 Å². The molecule has 2 fully saturated rings. The SMILES string of the molecule is Fc1cc(OC(F)F)ccc1OC1CC2CNCC2C1. The zero-order valence-corrected chi connectivity index (χ0v) is 10.8.